The normalized spacial score (nSPS) is 19.8. The smallest absolute Gasteiger partial charge is 0.269 e. The predicted octanol–water partition coefficient (Wildman–Crippen LogP) is 1.41. The van der Waals surface area contributed by atoms with Crippen LogP contribution in [-0.4, -0.2) is 40.1 Å². The second-order valence-electron chi connectivity index (χ2n) is 6.08. The van der Waals surface area contributed by atoms with Crippen molar-refractivity contribution in [1.29, 1.82) is 0 Å². The summed E-state index contributed by atoms with van der Waals surface area (Å²) in [6.45, 7) is 1.96. The highest BCUT2D eigenvalue weighted by molar-refractivity contribution is 6.03. The van der Waals surface area contributed by atoms with Gasteiger partial charge in [0.15, 0.2) is 0 Å². The lowest BCUT2D eigenvalue weighted by Crippen LogP contribution is -2.39. The van der Waals surface area contributed by atoms with Gasteiger partial charge in [0.1, 0.15) is 0 Å². The first-order chi connectivity index (χ1) is 11.4. The zero-order valence-electron chi connectivity index (χ0n) is 13.2. The van der Waals surface area contributed by atoms with Crippen LogP contribution in [0.4, 0.5) is 11.4 Å². The van der Waals surface area contributed by atoms with Crippen molar-refractivity contribution in [2.45, 2.75) is 38.6 Å². The van der Waals surface area contributed by atoms with E-state index in [1.54, 1.807) is 11.0 Å². The highest BCUT2D eigenvalue weighted by atomic mass is 16.6. The fraction of sp³-hybridized carbons (Fsp3) is 0.438. The van der Waals surface area contributed by atoms with Crippen molar-refractivity contribution >= 4 is 29.1 Å². The third kappa shape index (κ3) is 2.75. The number of anilines is 1. The van der Waals surface area contributed by atoms with E-state index in [9.17, 15) is 24.5 Å². The Hall–Kier alpha value is -2.77. The summed E-state index contributed by atoms with van der Waals surface area (Å²) in [4.78, 5) is 48.9. The molecule has 24 heavy (non-hydrogen) atoms. The molecule has 3 amide bonds. The Balaban J connectivity index is 1.73. The van der Waals surface area contributed by atoms with Crippen molar-refractivity contribution in [2.75, 3.05) is 11.4 Å². The fourth-order valence-corrected chi connectivity index (χ4v) is 3.31. The van der Waals surface area contributed by atoms with Gasteiger partial charge in [-0.25, -0.2) is 0 Å². The van der Waals surface area contributed by atoms with Gasteiger partial charge >= 0.3 is 0 Å². The van der Waals surface area contributed by atoms with Crippen LogP contribution in [-0.2, 0) is 20.8 Å². The number of nitro groups is 1. The van der Waals surface area contributed by atoms with Crippen molar-refractivity contribution in [3.05, 3.63) is 33.9 Å². The summed E-state index contributed by atoms with van der Waals surface area (Å²) in [5.74, 6) is -0.667. The molecule has 3 rings (SSSR count). The molecule has 0 aromatic heterocycles. The molecule has 2 heterocycles. The van der Waals surface area contributed by atoms with Crippen molar-refractivity contribution in [1.82, 2.24) is 4.90 Å². The molecule has 0 aliphatic carbocycles. The molecule has 8 nitrogen and oxygen atoms in total. The lowest BCUT2D eigenvalue weighted by molar-refractivity contribution is -0.384. The minimum absolute atomic E-state index is 0.00325. The highest BCUT2D eigenvalue weighted by Gasteiger charge is 2.34. The molecule has 1 atom stereocenters. The number of nitro benzene ring substituents is 1. The van der Waals surface area contributed by atoms with E-state index >= 15 is 0 Å². The molecule has 1 fully saturated rings. The lowest BCUT2D eigenvalue weighted by atomic mass is 10.1. The van der Waals surface area contributed by atoms with Crippen LogP contribution in [0.1, 0.15) is 31.7 Å². The Kier molecular flexibility index (Phi) is 4.04. The van der Waals surface area contributed by atoms with Gasteiger partial charge in [0.05, 0.1) is 4.92 Å². The standard InChI is InChI=1S/C16H17N3O5/c1-10-8-11-9-12(19(23)24)2-3-13(11)18(10)16(22)6-7-17-14(20)4-5-15(17)21/h2-3,9-10H,4-8H2,1H3. The molecule has 0 N–H and O–H groups in total. The maximum absolute atomic E-state index is 12.6. The average molecular weight is 331 g/mol. The van der Waals surface area contributed by atoms with Gasteiger partial charge in [-0.3, -0.25) is 29.4 Å². The summed E-state index contributed by atoms with van der Waals surface area (Å²) in [6.07, 6.45) is 1.02. The summed E-state index contributed by atoms with van der Waals surface area (Å²) in [7, 11) is 0. The van der Waals surface area contributed by atoms with E-state index in [0.717, 1.165) is 10.5 Å². The van der Waals surface area contributed by atoms with Crippen molar-refractivity contribution in [2.24, 2.45) is 0 Å². The van der Waals surface area contributed by atoms with Crippen LogP contribution >= 0.6 is 0 Å². The van der Waals surface area contributed by atoms with Gasteiger partial charge in [0, 0.05) is 49.7 Å². The molecular weight excluding hydrogens is 314 g/mol. The first-order valence-electron chi connectivity index (χ1n) is 7.81. The van der Waals surface area contributed by atoms with Gasteiger partial charge in [0.2, 0.25) is 17.7 Å². The van der Waals surface area contributed by atoms with E-state index in [4.69, 9.17) is 0 Å². The van der Waals surface area contributed by atoms with E-state index in [0.29, 0.717) is 12.1 Å². The number of hydrogen-bond donors (Lipinski definition) is 0. The van der Waals surface area contributed by atoms with Gasteiger partial charge in [-0.05, 0) is 25.0 Å². The van der Waals surface area contributed by atoms with E-state index in [1.807, 2.05) is 6.92 Å². The first-order valence-corrected chi connectivity index (χ1v) is 7.81. The number of rotatable bonds is 4. The van der Waals surface area contributed by atoms with Crippen LogP contribution in [0, 0.1) is 10.1 Å². The van der Waals surface area contributed by atoms with Gasteiger partial charge in [0.25, 0.3) is 5.69 Å². The number of imide groups is 1. The minimum Gasteiger partial charge on any atom is -0.309 e. The Labute approximate surface area is 138 Å². The number of likely N-dealkylation sites (tertiary alicyclic amines) is 1. The summed E-state index contributed by atoms with van der Waals surface area (Å²) >= 11 is 0. The average Bonchev–Trinajstić information content (AvgIpc) is 3.03. The third-order valence-corrected chi connectivity index (χ3v) is 4.46. The molecule has 1 saturated heterocycles. The van der Waals surface area contributed by atoms with E-state index in [2.05, 4.69) is 0 Å². The van der Waals surface area contributed by atoms with Crippen LogP contribution in [0.25, 0.3) is 0 Å². The summed E-state index contributed by atoms with van der Waals surface area (Å²) in [6, 6.07) is 4.35. The van der Waals surface area contributed by atoms with Crippen LogP contribution in [0.2, 0.25) is 0 Å². The number of carbonyl (C=O) groups excluding carboxylic acids is 3. The fourth-order valence-electron chi connectivity index (χ4n) is 3.31. The molecule has 1 unspecified atom stereocenters. The van der Waals surface area contributed by atoms with Gasteiger partial charge in [-0.15, -0.1) is 0 Å². The summed E-state index contributed by atoms with van der Waals surface area (Å²) in [5, 5.41) is 10.9. The number of hydrogen-bond acceptors (Lipinski definition) is 5. The summed E-state index contributed by atoms with van der Waals surface area (Å²) in [5.41, 5.74) is 1.43. The molecule has 1 aromatic rings. The molecule has 2 aliphatic rings. The van der Waals surface area contributed by atoms with Gasteiger partial charge in [-0.1, -0.05) is 0 Å². The number of non-ortho nitro benzene ring substituents is 1. The molecule has 126 valence electrons. The Morgan fingerprint density at radius 2 is 1.96 bits per heavy atom. The number of nitrogens with zero attached hydrogens (tertiary/aromatic N) is 3. The molecule has 1 aromatic carbocycles. The van der Waals surface area contributed by atoms with Crippen LogP contribution < -0.4 is 4.90 Å². The van der Waals surface area contributed by atoms with Crippen LogP contribution in [0.15, 0.2) is 18.2 Å². The van der Waals surface area contributed by atoms with Gasteiger partial charge < -0.3 is 4.90 Å². The Bertz CT molecular complexity index is 729. The molecule has 0 bridgehead atoms. The SMILES string of the molecule is CC1Cc2cc([N+](=O)[O-])ccc2N1C(=O)CCN1C(=O)CCC1=O. The van der Waals surface area contributed by atoms with Crippen molar-refractivity contribution < 1.29 is 19.3 Å². The van der Waals surface area contributed by atoms with E-state index in [-0.39, 0.29) is 55.3 Å². The Morgan fingerprint density at radius 1 is 1.29 bits per heavy atom. The predicted molar refractivity (Wildman–Crippen MR) is 84.3 cm³/mol. The second-order valence-corrected chi connectivity index (χ2v) is 6.08. The van der Waals surface area contributed by atoms with E-state index in [1.165, 1.54) is 12.1 Å². The first kappa shape index (κ1) is 16.1. The topological polar surface area (TPSA) is 101 Å². The molecule has 8 heteroatoms. The number of amides is 3. The highest BCUT2D eigenvalue weighted by Crippen LogP contribution is 2.35. The number of fused-ring (bicyclic) bond motifs is 1. The summed E-state index contributed by atoms with van der Waals surface area (Å²) < 4.78 is 0. The maximum atomic E-state index is 12.6. The minimum atomic E-state index is -0.458. The van der Waals surface area contributed by atoms with Crippen LogP contribution in [0.3, 0.4) is 0 Å². The quantitative estimate of drug-likeness (QED) is 0.472. The molecular formula is C16H17N3O5. The Morgan fingerprint density at radius 3 is 2.58 bits per heavy atom. The van der Waals surface area contributed by atoms with E-state index < -0.39 is 4.92 Å². The molecule has 0 saturated carbocycles. The zero-order valence-corrected chi connectivity index (χ0v) is 13.2. The maximum Gasteiger partial charge on any atom is 0.269 e. The molecule has 0 spiro atoms. The third-order valence-electron chi connectivity index (χ3n) is 4.46. The van der Waals surface area contributed by atoms with Gasteiger partial charge in [-0.2, -0.15) is 0 Å². The lowest BCUT2D eigenvalue weighted by Gasteiger charge is -2.24. The second kappa shape index (κ2) is 6.03. The van der Waals surface area contributed by atoms with Crippen molar-refractivity contribution in [3.8, 4) is 0 Å². The number of carbonyl (C=O) groups is 3. The largest absolute Gasteiger partial charge is 0.309 e. The zero-order chi connectivity index (χ0) is 17.4. The monoisotopic (exact) mass is 331 g/mol. The van der Waals surface area contributed by atoms with Crippen LogP contribution in [0.5, 0.6) is 0 Å². The van der Waals surface area contributed by atoms with Crippen molar-refractivity contribution in [3.63, 3.8) is 0 Å². The number of benzene rings is 1. The molecule has 0 radical (unpaired) electrons. The molecule has 2 aliphatic heterocycles.